The Balaban J connectivity index is 2.29. The zero-order chi connectivity index (χ0) is 11.7. The third kappa shape index (κ3) is 1.80. The van der Waals surface area contributed by atoms with Crippen LogP contribution in [0.2, 0.25) is 0 Å². The predicted octanol–water partition coefficient (Wildman–Crippen LogP) is 1.02. The van der Waals surface area contributed by atoms with Crippen molar-refractivity contribution in [1.29, 1.82) is 0 Å². The quantitative estimate of drug-likeness (QED) is 0.808. The number of nitrogens with one attached hydrogen (secondary N) is 1. The van der Waals surface area contributed by atoms with E-state index in [1.165, 1.54) is 0 Å². The summed E-state index contributed by atoms with van der Waals surface area (Å²) in [6, 6.07) is 3.89. The van der Waals surface area contributed by atoms with Crippen molar-refractivity contribution in [3.8, 4) is 0 Å². The molecular weight excluding hydrogens is 202 g/mol. The van der Waals surface area contributed by atoms with Crippen LogP contribution in [0.25, 0.3) is 0 Å². The van der Waals surface area contributed by atoms with Crippen molar-refractivity contribution in [3.05, 3.63) is 23.5 Å². The average molecular weight is 219 g/mol. The van der Waals surface area contributed by atoms with Gasteiger partial charge in [0.15, 0.2) is 0 Å². The first-order valence-corrected chi connectivity index (χ1v) is 5.56. The minimum atomic E-state index is -0.0410. The molecule has 0 radical (unpaired) electrons. The zero-order valence-electron chi connectivity index (χ0n) is 9.95. The van der Waals surface area contributed by atoms with Crippen LogP contribution in [0.5, 0.6) is 0 Å². The molecule has 0 spiro atoms. The van der Waals surface area contributed by atoms with Crippen molar-refractivity contribution in [2.24, 2.45) is 0 Å². The van der Waals surface area contributed by atoms with Gasteiger partial charge in [-0.25, -0.2) is 0 Å². The first-order valence-electron chi connectivity index (χ1n) is 5.56. The topological polar surface area (TPSA) is 45.2 Å². The molecule has 1 N–H and O–H groups in total. The van der Waals surface area contributed by atoms with Crippen molar-refractivity contribution >= 4 is 11.6 Å². The fraction of sp³-hybridized carbons (Fsp3) is 0.500. The number of rotatable bonds is 2. The molecule has 0 saturated carbocycles. The Bertz CT molecular complexity index is 417. The van der Waals surface area contributed by atoms with Gasteiger partial charge in [-0.15, -0.1) is 0 Å². The van der Waals surface area contributed by atoms with E-state index in [1.807, 2.05) is 37.9 Å². The van der Waals surface area contributed by atoms with Gasteiger partial charge in [-0.3, -0.25) is 9.78 Å². The summed E-state index contributed by atoms with van der Waals surface area (Å²) >= 11 is 0. The maximum Gasteiger partial charge on any atom is 0.244 e. The smallest absolute Gasteiger partial charge is 0.244 e. The van der Waals surface area contributed by atoms with Gasteiger partial charge in [0.25, 0.3) is 0 Å². The van der Waals surface area contributed by atoms with Crippen LogP contribution in [-0.2, 0) is 4.79 Å². The van der Waals surface area contributed by atoms with Gasteiger partial charge >= 0.3 is 0 Å². The van der Waals surface area contributed by atoms with Gasteiger partial charge in [0, 0.05) is 12.2 Å². The molecule has 1 atom stereocenters. The van der Waals surface area contributed by atoms with Crippen LogP contribution in [0.3, 0.4) is 0 Å². The second kappa shape index (κ2) is 4.22. The molecular formula is C12H17N3O. The Morgan fingerprint density at radius 2 is 2.19 bits per heavy atom. The summed E-state index contributed by atoms with van der Waals surface area (Å²) in [6.45, 7) is 4.68. The molecule has 0 bridgehead atoms. The highest BCUT2D eigenvalue weighted by Gasteiger charge is 2.32. The second-order valence-electron chi connectivity index (χ2n) is 4.18. The minimum Gasteiger partial charge on any atom is -0.309 e. The molecule has 4 nitrogen and oxygen atoms in total. The number of anilines is 1. The lowest BCUT2D eigenvalue weighted by Gasteiger charge is -2.18. The lowest BCUT2D eigenvalue weighted by Crippen LogP contribution is -2.36. The highest BCUT2D eigenvalue weighted by molar-refractivity contribution is 5.99. The lowest BCUT2D eigenvalue weighted by molar-refractivity contribution is -0.118. The van der Waals surface area contributed by atoms with Crippen molar-refractivity contribution in [3.63, 3.8) is 0 Å². The van der Waals surface area contributed by atoms with Gasteiger partial charge in [0.1, 0.15) is 0 Å². The Morgan fingerprint density at radius 3 is 2.75 bits per heavy atom. The van der Waals surface area contributed by atoms with Crippen LogP contribution < -0.4 is 10.2 Å². The molecule has 0 aromatic carbocycles. The third-order valence-electron chi connectivity index (χ3n) is 3.04. The fourth-order valence-corrected chi connectivity index (χ4v) is 2.15. The number of aryl methyl sites for hydroxylation is 2. The molecule has 4 heteroatoms. The standard InChI is InChI=1S/C12H17N3O/c1-8-4-5-11(9(2)14-8)15-7-6-10(13-3)12(15)16/h4-5,10,13H,6-7H2,1-3H3. The van der Waals surface area contributed by atoms with Crippen LogP contribution in [0.1, 0.15) is 17.8 Å². The van der Waals surface area contributed by atoms with E-state index in [9.17, 15) is 4.79 Å². The van der Waals surface area contributed by atoms with Gasteiger partial charge in [-0.2, -0.15) is 0 Å². The van der Waals surface area contributed by atoms with Gasteiger partial charge in [0.2, 0.25) is 5.91 Å². The molecule has 16 heavy (non-hydrogen) atoms. The number of likely N-dealkylation sites (N-methyl/N-ethyl adjacent to an activating group) is 1. The molecule has 1 unspecified atom stereocenters. The molecule has 1 aliphatic rings. The largest absolute Gasteiger partial charge is 0.309 e. The molecule has 1 fully saturated rings. The van der Waals surface area contributed by atoms with Crippen molar-refractivity contribution in [2.45, 2.75) is 26.3 Å². The third-order valence-corrected chi connectivity index (χ3v) is 3.04. The van der Waals surface area contributed by atoms with Gasteiger partial charge in [-0.1, -0.05) is 0 Å². The minimum absolute atomic E-state index is 0.0410. The second-order valence-corrected chi connectivity index (χ2v) is 4.18. The van der Waals surface area contributed by atoms with Crippen molar-refractivity contribution in [2.75, 3.05) is 18.5 Å². The zero-order valence-corrected chi connectivity index (χ0v) is 9.95. The molecule has 2 rings (SSSR count). The molecule has 1 aromatic heterocycles. The number of carbonyl (C=O) groups excluding carboxylic acids is 1. The summed E-state index contributed by atoms with van der Waals surface area (Å²) in [5, 5.41) is 3.03. The summed E-state index contributed by atoms with van der Waals surface area (Å²) in [5.41, 5.74) is 2.84. The van der Waals surface area contributed by atoms with E-state index >= 15 is 0 Å². The summed E-state index contributed by atoms with van der Waals surface area (Å²) in [7, 11) is 1.83. The van der Waals surface area contributed by atoms with Gasteiger partial charge in [-0.05, 0) is 39.4 Å². The molecule has 1 aromatic rings. The van der Waals surface area contributed by atoms with E-state index in [-0.39, 0.29) is 11.9 Å². The van der Waals surface area contributed by atoms with Crippen LogP contribution in [0.15, 0.2) is 12.1 Å². The number of hydrogen-bond acceptors (Lipinski definition) is 3. The average Bonchev–Trinajstić information content (AvgIpc) is 2.60. The molecule has 1 amide bonds. The fourth-order valence-electron chi connectivity index (χ4n) is 2.15. The molecule has 1 saturated heterocycles. The highest BCUT2D eigenvalue weighted by atomic mass is 16.2. The molecule has 86 valence electrons. The predicted molar refractivity (Wildman–Crippen MR) is 63.5 cm³/mol. The number of aromatic nitrogens is 1. The summed E-state index contributed by atoms with van der Waals surface area (Å²) in [4.78, 5) is 18.2. The highest BCUT2D eigenvalue weighted by Crippen LogP contribution is 2.24. The van der Waals surface area contributed by atoms with Crippen molar-refractivity contribution < 1.29 is 4.79 Å². The van der Waals surface area contributed by atoms with E-state index in [0.717, 1.165) is 30.0 Å². The Kier molecular flexibility index (Phi) is 2.92. The number of nitrogens with zero attached hydrogens (tertiary/aromatic N) is 2. The van der Waals surface area contributed by atoms with Gasteiger partial charge in [0.05, 0.1) is 17.4 Å². The summed E-state index contributed by atoms with van der Waals surface area (Å²) in [6.07, 6.45) is 0.864. The van der Waals surface area contributed by atoms with Crippen LogP contribution in [-0.4, -0.2) is 30.5 Å². The number of pyridine rings is 1. The van der Waals surface area contributed by atoms with Crippen molar-refractivity contribution in [1.82, 2.24) is 10.3 Å². The Hall–Kier alpha value is -1.42. The number of amides is 1. The molecule has 1 aliphatic heterocycles. The van der Waals surface area contributed by atoms with E-state index < -0.39 is 0 Å². The molecule has 2 heterocycles. The number of hydrogen-bond donors (Lipinski definition) is 1. The van der Waals surface area contributed by atoms with Crippen LogP contribution in [0.4, 0.5) is 5.69 Å². The monoisotopic (exact) mass is 219 g/mol. The Morgan fingerprint density at radius 1 is 1.44 bits per heavy atom. The lowest BCUT2D eigenvalue weighted by atomic mass is 10.2. The summed E-state index contributed by atoms with van der Waals surface area (Å²) < 4.78 is 0. The van der Waals surface area contributed by atoms with E-state index in [1.54, 1.807) is 0 Å². The van der Waals surface area contributed by atoms with E-state index in [0.29, 0.717) is 0 Å². The number of carbonyl (C=O) groups is 1. The maximum atomic E-state index is 12.0. The first-order chi connectivity index (χ1) is 7.63. The summed E-state index contributed by atoms with van der Waals surface area (Å²) in [5.74, 6) is 0.149. The Labute approximate surface area is 95.7 Å². The van der Waals surface area contributed by atoms with Crippen LogP contribution in [0, 0.1) is 13.8 Å². The van der Waals surface area contributed by atoms with E-state index in [4.69, 9.17) is 0 Å². The molecule has 0 aliphatic carbocycles. The van der Waals surface area contributed by atoms with E-state index in [2.05, 4.69) is 10.3 Å². The SMILES string of the molecule is CNC1CCN(c2ccc(C)nc2C)C1=O. The van der Waals surface area contributed by atoms with Crippen LogP contribution >= 0.6 is 0 Å². The van der Waals surface area contributed by atoms with Gasteiger partial charge < -0.3 is 10.2 Å². The maximum absolute atomic E-state index is 12.0. The normalized spacial score (nSPS) is 20.6. The first kappa shape index (κ1) is 11.1.